The number of hydrogen-bond acceptors (Lipinski definition) is 3. The third kappa shape index (κ3) is 2.10. The number of hydrogen-bond donors (Lipinski definition) is 2. The van der Waals surface area contributed by atoms with Gasteiger partial charge in [0.1, 0.15) is 18.2 Å². The Kier molecular flexibility index (Phi) is 2.58. The molecular formula is C11H13N3O. The van der Waals surface area contributed by atoms with Crippen LogP contribution in [0.1, 0.15) is 0 Å². The van der Waals surface area contributed by atoms with Gasteiger partial charge in [-0.2, -0.15) is 0 Å². The van der Waals surface area contributed by atoms with Crippen molar-refractivity contribution in [2.45, 2.75) is 0 Å². The van der Waals surface area contributed by atoms with Crippen LogP contribution < -0.4 is 15.8 Å². The van der Waals surface area contributed by atoms with E-state index < -0.39 is 0 Å². The first kappa shape index (κ1) is 9.58. The number of benzene rings is 1. The zero-order valence-electron chi connectivity index (χ0n) is 8.36. The molecular weight excluding hydrogens is 190 g/mol. The highest BCUT2D eigenvalue weighted by Gasteiger charge is 2.13. The minimum Gasteiger partial charge on any atom is -0.483 e. The van der Waals surface area contributed by atoms with Gasteiger partial charge in [-0.1, -0.05) is 6.08 Å². The van der Waals surface area contributed by atoms with Crippen molar-refractivity contribution in [3.8, 4) is 5.75 Å². The van der Waals surface area contributed by atoms with Gasteiger partial charge in [0.15, 0.2) is 0 Å². The van der Waals surface area contributed by atoms with Crippen LogP contribution in [0.25, 0.3) is 0 Å². The molecule has 0 aliphatic carbocycles. The van der Waals surface area contributed by atoms with Gasteiger partial charge in [0.2, 0.25) is 0 Å². The van der Waals surface area contributed by atoms with Crippen molar-refractivity contribution < 1.29 is 4.74 Å². The molecule has 0 atom stereocenters. The van der Waals surface area contributed by atoms with Gasteiger partial charge < -0.3 is 15.8 Å². The standard InChI is InChI=1S/C11H13N3O/c1-2-5-13-11-7-15-10-6-8(12)3-4-9(10)14-11/h2-4,6H,1,5,7,12H2,(H,13,14). The van der Waals surface area contributed by atoms with Gasteiger partial charge >= 0.3 is 0 Å². The van der Waals surface area contributed by atoms with Crippen LogP contribution in [0.3, 0.4) is 0 Å². The third-order valence-electron chi connectivity index (χ3n) is 2.06. The van der Waals surface area contributed by atoms with Crippen LogP contribution in [0.2, 0.25) is 0 Å². The highest BCUT2D eigenvalue weighted by atomic mass is 16.5. The van der Waals surface area contributed by atoms with E-state index in [1.807, 2.05) is 12.1 Å². The summed E-state index contributed by atoms with van der Waals surface area (Å²) in [5, 5.41) is 3.18. The Hall–Kier alpha value is -1.97. The predicted molar refractivity (Wildman–Crippen MR) is 62.5 cm³/mol. The molecule has 0 radical (unpaired) electrons. The van der Waals surface area contributed by atoms with Gasteiger partial charge in [-0.25, -0.2) is 0 Å². The lowest BCUT2D eigenvalue weighted by atomic mass is 10.2. The lowest BCUT2D eigenvalue weighted by molar-refractivity contribution is 0.372. The molecule has 0 amide bonds. The number of ether oxygens (including phenoxy) is 1. The Labute approximate surface area is 88.5 Å². The Morgan fingerprint density at radius 1 is 1.60 bits per heavy atom. The first-order valence-electron chi connectivity index (χ1n) is 4.73. The summed E-state index contributed by atoms with van der Waals surface area (Å²) in [5.41, 5.74) is 7.24. The topological polar surface area (TPSA) is 59.6 Å². The summed E-state index contributed by atoms with van der Waals surface area (Å²) in [6, 6.07) is 5.51. The molecule has 78 valence electrons. The number of anilines is 2. The fourth-order valence-electron chi connectivity index (χ4n) is 1.36. The van der Waals surface area contributed by atoms with Crippen LogP contribution in [0, 0.1) is 0 Å². The summed E-state index contributed by atoms with van der Waals surface area (Å²) in [7, 11) is 0. The zero-order valence-corrected chi connectivity index (χ0v) is 8.36. The Bertz CT molecular complexity index is 412. The monoisotopic (exact) mass is 203 g/mol. The number of nitrogens with two attached hydrogens (primary N) is 1. The normalized spacial score (nSPS) is 16.4. The molecule has 1 aliphatic rings. The van der Waals surface area contributed by atoms with Crippen LogP contribution >= 0.6 is 0 Å². The summed E-state index contributed by atoms with van der Waals surface area (Å²) >= 11 is 0. The number of aliphatic imine (C=N–C) groups is 1. The fourth-order valence-corrected chi connectivity index (χ4v) is 1.36. The number of amidine groups is 1. The van der Waals surface area contributed by atoms with Gasteiger partial charge in [0, 0.05) is 11.8 Å². The second-order valence-corrected chi connectivity index (χ2v) is 3.25. The van der Waals surface area contributed by atoms with E-state index in [9.17, 15) is 0 Å². The third-order valence-corrected chi connectivity index (χ3v) is 2.06. The summed E-state index contributed by atoms with van der Waals surface area (Å²) in [6.45, 7) is 4.65. The van der Waals surface area contributed by atoms with Crippen molar-refractivity contribution in [3.05, 3.63) is 30.9 Å². The van der Waals surface area contributed by atoms with Gasteiger partial charge in [0.05, 0.1) is 12.2 Å². The molecule has 4 nitrogen and oxygen atoms in total. The fraction of sp³-hybridized carbons (Fsp3) is 0.182. The quantitative estimate of drug-likeness (QED) is 0.567. The predicted octanol–water partition coefficient (Wildman–Crippen LogP) is 1.66. The Morgan fingerprint density at radius 3 is 3.27 bits per heavy atom. The molecule has 1 aromatic carbocycles. The summed E-state index contributed by atoms with van der Waals surface area (Å²) < 4.78 is 5.51. The molecule has 0 unspecified atom stereocenters. The Morgan fingerprint density at radius 2 is 2.47 bits per heavy atom. The van der Waals surface area contributed by atoms with Crippen molar-refractivity contribution >= 4 is 17.2 Å². The van der Waals surface area contributed by atoms with Gasteiger partial charge in [-0.05, 0) is 12.1 Å². The molecule has 1 aromatic rings. The van der Waals surface area contributed by atoms with Crippen LogP contribution in [0.4, 0.5) is 11.4 Å². The second-order valence-electron chi connectivity index (χ2n) is 3.25. The van der Waals surface area contributed by atoms with E-state index in [4.69, 9.17) is 10.5 Å². The van der Waals surface area contributed by atoms with E-state index in [-0.39, 0.29) is 0 Å². The van der Waals surface area contributed by atoms with E-state index in [0.717, 1.165) is 17.3 Å². The average molecular weight is 203 g/mol. The highest BCUT2D eigenvalue weighted by molar-refractivity contribution is 5.99. The highest BCUT2D eigenvalue weighted by Crippen LogP contribution is 2.29. The van der Waals surface area contributed by atoms with E-state index in [1.165, 1.54) is 0 Å². The van der Waals surface area contributed by atoms with Gasteiger partial charge in [0.25, 0.3) is 0 Å². The smallest absolute Gasteiger partial charge is 0.146 e. The molecule has 0 aromatic heterocycles. The van der Waals surface area contributed by atoms with Gasteiger partial charge in [-0.3, -0.25) is 4.99 Å². The van der Waals surface area contributed by atoms with Crippen molar-refractivity contribution in [1.29, 1.82) is 0 Å². The number of nitrogens with one attached hydrogen (secondary N) is 1. The molecule has 2 rings (SSSR count). The first-order valence-corrected chi connectivity index (χ1v) is 4.73. The summed E-state index contributed by atoms with van der Waals surface area (Å²) in [6.07, 6.45) is 1.74. The van der Waals surface area contributed by atoms with E-state index in [2.05, 4.69) is 16.9 Å². The lowest BCUT2D eigenvalue weighted by Gasteiger charge is -2.20. The second kappa shape index (κ2) is 4.04. The largest absolute Gasteiger partial charge is 0.483 e. The average Bonchev–Trinajstić information content (AvgIpc) is 2.26. The maximum atomic E-state index is 5.65. The molecule has 1 aliphatic heterocycles. The molecule has 1 heterocycles. The minimum absolute atomic E-state index is 0.449. The van der Waals surface area contributed by atoms with E-state index in [0.29, 0.717) is 18.8 Å². The minimum atomic E-state index is 0.449. The molecule has 0 fully saturated rings. The molecule has 15 heavy (non-hydrogen) atoms. The van der Waals surface area contributed by atoms with Crippen LogP contribution in [-0.2, 0) is 0 Å². The molecule has 4 heteroatoms. The van der Waals surface area contributed by atoms with Crippen LogP contribution in [-0.4, -0.2) is 19.0 Å². The van der Waals surface area contributed by atoms with Crippen molar-refractivity contribution in [2.75, 3.05) is 24.2 Å². The molecule has 0 spiro atoms. The van der Waals surface area contributed by atoms with Crippen LogP contribution in [0.15, 0.2) is 35.8 Å². The van der Waals surface area contributed by atoms with Gasteiger partial charge in [-0.15, -0.1) is 6.58 Å². The Balaban J connectivity index is 2.20. The first-order chi connectivity index (χ1) is 7.29. The molecule has 0 saturated carbocycles. The number of rotatable bonds is 2. The summed E-state index contributed by atoms with van der Waals surface area (Å²) in [5.74, 6) is 1.58. The van der Waals surface area contributed by atoms with E-state index in [1.54, 1.807) is 12.1 Å². The lowest BCUT2D eigenvalue weighted by Crippen LogP contribution is -2.26. The maximum Gasteiger partial charge on any atom is 0.146 e. The SMILES string of the molecule is C=CCN=C1COc2cc(N)ccc2N1. The number of nitrogens with zero attached hydrogens (tertiary/aromatic N) is 1. The molecule has 3 N–H and O–H groups in total. The number of nitrogen functional groups attached to an aromatic ring is 1. The van der Waals surface area contributed by atoms with Crippen LogP contribution in [0.5, 0.6) is 5.75 Å². The van der Waals surface area contributed by atoms with E-state index >= 15 is 0 Å². The van der Waals surface area contributed by atoms with Crippen molar-refractivity contribution in [3.63, 3.8) is 0 Å². The maximum absolute atomic E-state index is 5.65. The zero-order chi connectivity index (χ0) is 10.7. The van der Waals surface area contributed by atoms with Crippen molar-refractivity contribution in [1.82, 2.24) is 0 Å². The summed E-state index contributed by atoms with van der Waals surface area (Å²) in [4.78, 5) is 4.25. The van der Waals surface area contributed by atoms with Crippen molar-refractivity contribution in [2.24, 2.45) is 4.99 Å². The molecule has 0 bridgehead atoms. The number of fused-ring (bicyclic) bond motifs is 1. The molecule has 0 saturated heterocycles.